The van der Waals surface area contributed by atoms with E-state index in [1.807, 2.05) is 59.2 Å². The summed E-state index contributed by atoms with van der Waals surface area (Å²) in [7, 11) is 0. The van der Waals surface area contributed by atoms with E-state index in [0.29, 0.717) is 11.3 Å². The van der Waals surface area contributed by atoms with Crippen LogP contribution in [0, 0.1) is 0 Å². The van der Waals surface area contributed by atoms with Gasteiger partial charge in [-0.2, -0.15) is 13.2 Å². The fraction of sp³-hybridized carbons (Fsp3) is 0.0217. The molecule has 1 aromatic heterocycles. The quantitative estimate of drug-likeness (QED) is 0.167. The third-order valence-corrected chi connectivity index (χ3v) is 9.62. The zero-order valence-electron chi connectivity index (χ0n) is 27.3. The average molecular weight is 667 g/mol. The molecule has 0 unspecified atom stereocenters. The van der Waals surface area contributed by atoms with Crippen LogP contribution in [0.15, 0.2) is 176 Å². The Morgan fingerprint density at radius 1 is 0.412 bits per heavy atom. The topological polar surface area (TPSA) is 17.8 Å². The zero-order chi connectivity index (χ0) is 34.5. The van der Waals surface area contributed by atoms with Crippen LogP contribution in [0.5, 0.6) is 0 Å². The van der Waals surface area contributed by atoms with Crippen molar-refractivity contribution in [3.05, 3.63) is 181 Å². The molecule has 0 aliphatic carbocycles. The number of rotatable bonds is 5. The van der Waals surface area contributed by atoms with Crippen LogP contribution in [0.1, 0.15) is 5.56 Å². The summed E-state index contributed by atoms with van der Waals surface area (Å²) in [6.45, 7) is 0. The van der Waals surface area contributed by atoms with Crippen LogP contribution in [-0.2, 0) is 6.18 Å². The Balaban J connectivity index is 1.22. The van der Waals surface area contributed by atoms with E-state index in [0.717, 1.165) is 45.5 Å². The molecule has 0 aliphatic rings. The van der Waals surface area contributed by atoms with Crippen molar-refractivity contribution in [2.24, 2.45) is 0 Å². The molecule has 8 aromatic carbocycles. The molecule has 244 valence electrons. The average Bonchev–Trinajstić information content (AvgIpc) is 3.56. The standard InChI is InChI=1S/C46H29F3N2/c47-46(48,49)35-23-27-42-41(29-35)50-45(33-16-8-3-9-17-33)51(42)36-24-20-30(21-25-36)34-22-26-39-40(28-34)44(32-14-6-2-7-15-32)38-19-11-10-18-37(38)43(39)31-12-4-1-5-13-31/h1-29H. The Kier molecular flexibility index (Phi) is 7.29. The molecule has 0 atom stereocenters. The molecule has 0 radical (unpaired) electrons. The SMILES string of the molecule is FC(F)(F)c1ccc2c(c1)nc(-c1ccccc1)n2-c1ccc(-c2ccc3c(-c4ccccc4)c4ccccc4c(-c4ccccc4)c3c2)cc1. The van der Waals surface area contributed by atoms with E-state index in [1.165, 1.54) is 38.9 Å². The summed E-state index contributed by atoms with van der Waals surface area (Å²) >= 11 is 0. The van der Waals surface area contributed by atoms with Gasteiger partial charge in [0, 0.05) is 11.3 Å². The number of hydrogen-bond acceptors (Lipinski definition) is 1. The minimum Gasteiger partial charge on any atom is -0.292 e. The Morgan fingerprint density at radius 2 is 0.922 bits per heavy atom. The lowest BCUT2D eigenvalue weighted by Crippen LogP contribution is -2.04. The molecule has 9 rings (SSSR count). The van der Waals surface area contributed by atoms with E-state index in [-0.39, 0.29) is 5.52 Å². The van der Waals surface area contributed by atoms with Crippen molar-refractivity contribution in [3.8, 4) is 50.5 Å². The highest BCUT2D eigenvalue weighted by Crippen LogP contribution is 2.45. The maximum Gasteiger partial charge on any atom is 0.416 e. The van der Waals surface area contributed by atoms with Gasteiger partial charge >= 0.3 is 6.18 Å². The summed E-state index contributed by atoms with van der Waals surface area (Å²) in [6, 6.07) is 57.9. The van der Waals surface area contributed by atoms with E-state index in [4.69, 9.17) is 4.98 Å². The van der Waals surface area contributed by atoms with Crippen molar-refractivity contribution in [2.45, 2.75) is 6.18 Å². The van der Waals surface area contributed by atoms with Crippen LogP contribution < -0.4 is 0 Å². The van der Waals surface area contributed by atoms with Crippen LogP contribution in [0.25, 0.3) is 83.0 Å². The Bertz CT molecular complexity index is 2700. The van der Waals surface area contributed by atoms with Gasteiger partial charge in [0.1, 0.15) is 5.82 Å². The normalized spacial score (nSPS) is 11.8. The monoisotopic (exact) mass is 666 g/mol. The minimum absolute atomic E-state index is 0.289. The number of nitrogens with zero attached hydrogens (tertiary/aromatic N) is 2. The Morgan fingerprint density at radius 3 is 1.51 bits per heavy atom. The second kappa shape index (κ2) is 12.1. The molecule has 0 saturated carbocycles. The Hall–Kier alpha value is -6.46. The summed E-state index contributed by atoms with van der Waals surface area (Å²) in [5.74, 6) is 0.580. The summed E-state index contributed by atoms with van der Waals surface area (Å²) in [5.41, 5.74) is 8.60. The molecule has 51 heavy (non-hydrogen) atoms. The molecular formula is C46H29F3N2. The van der Waals surface area contributed by atoms with Gasteiger partial charge in [-0.3, -0.25) is 4.57 Å². The predicted molar refractivity (Wildman–Crippen MR) is 203 cm³/mol. The molecule has 0 bridgehead atoms. The third kappa shape index (κ3) is 5.35. The first kappa shape index (κ1) is 30.6. The number of halogens is 3. The molecule has 0 N–H and O–H groups in total. The molecule has 0 spiro atoms. The second-order valence-corrected chi connectivity index (χ2v) is 12.7. The number of imidazole rings is 1. The van der Waals surface area contributed by atoms with Gasteiger partial charge in [-0.25, -0.2) is 4.98 Å². The first-order chi connectivity index (χ1) is 24.9. The largest absolute Gasteiger partial charge is 0.416 e. The van der Waals surface area contributed by atoms with Gasteiger partial charge in [-0.05, 0) is 91.3 Å². The van der Waals surface area contributed by atoms with E-state index in [9.17, 15) is 13.2 Å². The second-order valence-electron chi connectivity index (χ2n) is 12.7. The molecule has 5 heteroatoms. The first-order valence-electron chi connectivity index (χ1n) is 16.8. The van der Waals surface area contributed by atoms with Crippen molar-refractivity contribution in [2.75, 3.05) is 0 Å². The van der Waals surface area contributed by atoms with Crippen LogP contribution in [0.2, 0.25) is 0 Å². The fourth-order valence-electron chi connectivity index (χ4n) is 7.29. The molecule has 0 aliphatic heterocycles. The lowest BCUT2D eigenvalue weighted by Gasteiger charge is -2.19. The smallest absolute Gasteiger partial charge is 0.292 e. The predicted octanol–water partition coefficient (Wildman–Crippen LogP) is 13.0. The van der Waals surface area contributed by atoms with Gasteiger partial charge in [-0.1, -0.05) is 140 Å². The minimum atomic E-state index is -4.46. The lowest BCUT2D eigenvalue weighted by atomic mass is 9.85. The number of aromatic nitrogens is 2. The van der Waals surface area contributed by atoms with Gasteiger partial charge in [-0.15, -0.1) is 0 Å². The van der Waals surface area contributed by atoms with Gasteiger partial charge in [0.05, 0.1) is 16.6 Å². The highest BCUT2D eigenvalue weighted by molar-refractivity contribution is 6.22. The van der Waals surface area contributed by atoms with E-state index >= 15 is 0 Å². The Labute approximate surface area is 292 Å². The summed E-state index contributed by atoms with van der Waals surface area (Å²) in [4.78, 5) is 4.71. The third-order valence-electron chi connectivity index (χ3n) is 9.62. The molecule has 1 heterocycles. The number of alkyl halides is 3. The van der Waals surface area contributed by atoms with Crippen LogP contribution in [-0.4, -0.2) is 9.55 Å². The number of benzene rings is 8. The maximum atomic E-state index is 13.6. The van der Waals surface area contributed by atoms with Gasteiger partial charge in [0.2, 0.25) is 0 Å². The van der Waals surface area contributed by atoms with Crippen LogP contribution >= 0.6 is 0 Å². The van der Waals surface area contributed by atoms with Crippen LogP contribution in [0.4, 0.5) is 13.2 Å². The van der Waals surface area contributed by atoms with Crippen molar-refractivity contribution in [3.63, 3.8) is 0 Å². The van der Waals surface area contributed by atoms with E-state index < -0.39 is 11.7 Å². The summed E-state index contributed by atoms with van der Waals surface area (Å²) in [6.07, 6.45) is -4.46. The lowest BCUT2D eigenvalue weighted by molar-refractivity contribution is -0.137. The molecule has 0 fully saturated rings. The van der Waals surface area contributed by atoms with Crippen molar-refractivity contribution < 1.29 is 13.2 Å². The van der Waals surface area contributed by atoms with Crippen molar-refractivity contribution in [1.82, 2.24) is 9.55 Å². The fourth-order valence-corrected chi connectivity index (χ4v) is 7.29. The highest BCUT2D eigenvalue weighted by atomic mass is 19.4. The maximum absolute atomic E-state index is 13.6. The zero-order valence-corrected chi connectivity index (χ0v) is 27.3. The first-order valence-corrected chi connectivity index (χ1v) is 16.8. The van der Waals surface area contributed by atoms with Crippen LogP contribution in [0.3, 0.4) is 0 Å². The van der Waals surface area contributed by atoms with E-state index in [1.54, 1.807) is 0 Å². The summed E-state index contributed by atoms with van der Waals surface area (Å²) < 4.78 is 42.9. The van der Waals surface area contributed by atoms with Crippen molar-refractivity contribution >= 4 is 32.6 Å². The highest BCUT2D eigenvalue weighted by Gasteiger charge is 2.31. The summed E-state index contributed by atoms with van der Waals surface area (Å²) in [5, 5.41) is 4.73. The molecular weight excluding hydrogens is 638 g/mol. The number of hydrogen-bond donors (Lipinski definition) is 0. The number of fused-ring (bicyclic) bond motifs is 3. The molecule has 9 aromatic rings. The molecule has 0 amide bonds. The van der Waals surface area contributed by atoms with Gasteiger partial charge < -0.3 is 0 Å². The van der Waals surface area contributed by atoms with Gasteiger partial charge in [0.25, 0.3) is 0 Å². The molecule has 0 saturated heterocycles. The van der Waals surface area contributed by atoms with Crippen molar-refractivity contribution in [1.29, 1.82) is 0 Å². The van der Waals surface area contributed by atoms with Gasteiger partial charge in [0.15, 0.2) is 0 Å². The van der Waals surface area contributed by atoms with E-state index in [2.05, 4.69) is 103 Å². The molecule has 2 nitrogen and oxygen atoms in total.